The van der Waals surface area contributed by atoms with Gasteiger partial charge in [0.1, 0.15) is 5.75 Å². The average Bonchev–Trinajstić information content (AvgIpc) is 2.43. The number of pyridine rings is 1. The maximum absolute atomic E-state index is 12.0. The van der Waals surface area contributed by atoms with Gasteiger partial charge in [-0.25, -0.2) is 0 Å². The van der Waals surface area contributed by atoms with Gasteiger partial charge in [0.15, 0.2) is 0 Å². The molecule has 2 aromatic rings. The van der Waals surface area contributed by atoms with Crippen LogP contribution in [0.4, 0.5) is 5.69 Å². The highest BCUT2D eigenvalue weighted by Crippen LogP contribution is 2.27. The lowest BCUT2D eigenvalue weighted by molar-refractivity contribution is 0.102. The molecule has 0 aliphatic heterocycles. The Morgan fingerprint density at radius 3 is 2.89 bits per heavy atom. The number of rotatable bonds is 3. The Balaban J connectivity index is 2.22. The van der Waals surface area contributed by atoms with Crippen LogP contribution in [-0.2, 0) is 6.54 Å². The molecule has 0 saturated carbocycles. The van der Waals surface area contributed by atoms with E-state index in [1.165, 1.54) is 12.3 Å². The zero-order chi connectivity index (χ0) is 13.8. The van der Waals surface area contributed by atoms with Gasteiger partial charge in [0.05, 0.1) is 11.4 Å². The van der Waals surface area contributed by atoms with E-state index >= 15 is 0 Å². The Morgan fingerprint density at radius 1 is 1.37 bits per heavy atom. The highest BCUT2D eigenvalue weighted by Gasteiger charge is 2.10. The van der Waals surface area contributed by atoms with Gasteiger partial charge in [-0.1, -0.05) is 15.9 Å². The summed E-state index contributed by atoms with van der Waals surface area (Å²) in [7, 11) is 0. The SMILES string of the molecule is NCc1cc(C(=O)Nc2cc(Br)ccc2O)ccn1. The molecule has 1 amide bonds. The second-order valence-corrected chi connectivity index (χ2v) is 4.77. The first-order valence-corrected chi connectivity index (χ1v) is 6.34. The molecular formula is C13H12BrN3O2. The quantitative estimate of drug-likeness (QED) is 0.756. The van der Waals surface area contributed by atoms with Crippen LogP contribution >= 0.6 is 15.9 Å². The molecule has 1 aromatic heterocycles. The number of nitrogens with two attached hydrogens (primary N) is 1. The number of carbonyl (C=O) groups excluding carboxylic acids is 1. The predicted molar refractivity (Wildman–Crippen MR) is 75.9 cm³/mol. The first-order valence-electron chi connectivity index (χ1n) is 5.55. The molecule has 0 atom stereocenters. The van der Waals surface area contributed by atoms with Crippen LogP contribution in [0.2, 0.25) is 0 Å². The second-order valence-electron chi connectivity index (χ2n) is 3.86. The number of anilines is 1. The summed E-state index contributed by atoms with van der Waals surface area (Å²) in [6.45, 7) is 0.267. The summed E-state index contributed by atoms with van der Waals surface area (Å²) in [6, 6.07) is 8.01. The van der Waals surface area contributed by atoms with Crippen molar-refractivity contribution in [1.29, 1.82) is 0 Å². The number of aromatic hydroxyl groups is 1. The molecule has 0 spiro atoms. The Labute approximate surface area is 118 Å². The number of aromatic nitrogens is 1. The molecule has 98 valence electrons. The van der Waals surface area contributed by atoms with Crippen molar-refractivity contribution in [2.75, 3.05) is 5.32 Å². The molecule has 0 radical (unpaired) electrons. The minimum atomic E-state index is -0.328. The first kappa shape index (κ1) is 13.5. The number of phenolic OH excluding ortho intramolecular Hbond substituents is 1. The van der Waals surface area contributed by atoms with Crippen LogP contribution in [0.15, 0.2) is 41.0 Å². The molecule has 0 saturated heterocycles. The largest absolute Gasteiger partial charge is 0.506 e. The van der Waals surface area contributed by atoms with Crippen molar-refractivity contribution in [2.45, 2.75) is 6.54 Å². The highest BCUT2D eigenvalue weighted by atomic mass is 79.9. The predicted octanol–water partition coefficient (Wildman–Crippen LogP) is 2.26. The number of halogens is 1. The van der Waals surface area contributed by atoms with E-state index in [0.29, 0.717) is 16.9 Å². The monoisotopic (exact) mass is 321 g/mol. The number of hydrogen-bond donors (Lipinski definition) is 3. The summed E-state index contributed by atoms with van der Waals surface area (Å²) in [6.07, 6.45) is 1.53. The molecule has 4 N–H and O–H groups in total. The van der Waals surface area contributed by atoms with Crippen LogP contribution in [0.3, 0.4) is 0 Å². The van der Waals surface area contributed by atoms with Gasteiger partial charge >= 0.3 is 0 Å². The highest BCUT2D eigenvalue weighted by molar-refractivity contribution is 9.10. The topological polar surface area (TPSA) is 88.2 Å². The van der Waals surface area contributed by atoms with Crippen LogP contribution < -0.4 is 11.1 Å². The number of nitrogens with one attached hydrogen (secondary N) is 1. The lowest BCUT2D eigenvalue weighted by Gasteiger charge is -2.08. The molecule has 1 heterocycles. The number of hydrogen-bond acceptors (Lipinski definition) is 4. The number of nitrogens with zero attached hydrogens (tertiary/aromatic N) is 1. The standard InChI is InChI=1S/C13H12BrN3O2/c14-9-1-2-12(18)11(6-9)17-13(19)8-3-4-16-10(5-8)7-15/h1-6,18H,7,15H2,(H,17,19). The van der Waals surface area contributed by atoms with Crippen molar-refractivity contribution >= 4 is 27.5 Å². The van der Waals surface area contributed by atoms with Crippen molar-refractivity contribution < 1.29 is 9.90 Å². The van der Waals surface area contributed by atoms with E-state index < -0.39 is 0 Å². The zero-order valence-electron chi connectivity index (χ0n) is 9.93. The van der Waals surface area contributed by atoms with E-state index in [1.807, 2.05) is 0 Å². The van der Waals surface area contributed by atoms with Crippen molar-refractivity contribution in [1.82, 2.24) is 4.98 Å². The molecule has 0 fully saturated rings. The van der Waals surface area contributed by atoms with Crippen molar-refractivity contribution in [3.63, 3.8) is 0 Å². The van der Waals surface area contributed by atoms with Gasteiger partial charge in [0, 0.05) is 22.8 Å². The van der Waals surface area contributed by atoms with Crippen molar-refractivity contribution in [2.24, 2.45) is 5.73 Å². The van der Waals surface area contributed by atoms with E-state index in [0.717, 1.165) is 4.47 Å². The lowest BCUT2D eigenvalue weighted by atomic mass is 10.2. The van der Waals surface area contributed by atoms with Gasteiger partial charge in [0.2, 0.25) is 0 Å². The van der Waals surface area contributed by atoms with E-state index in [4.69, 9.17) is 5.73 Å². The molecule has 6 heteroatoms. The number of phenols is 1. The van der Waals surface area contributed by atoms with Crippen LogP contribution in [-0.4, -0.2) is 16.0 Å². The summed E-state index contributed by atoms with van der Waals surface area (Å²) < 4.78 is 0.762. The Bertz CT molecular complexity index is 617. The van der Waals surface area contributed by atoms with Gasteiger partial charge < -0.3 is 16.2 Å². The van der Waals surface area contributed by atoms with Crippen LogP contribution in [0.1, 0.15) is 16.1 Å². The summed E-state index contributed by atoms with van der Waals surface area (Å²) in [5.74, 6) is -0.324. The fourth-order valence-electron chi connectivity index (χ4n) is 1.53. The summed E-state index contributed by atoms with van der Waals surface area (Å²) >= 11 is 3.28. The van der Waals surface area contributed by atoms with Gasteiger partial charge in [-0.3, -0.25) is 9.78 Å². The lowest BCUT2D eigenvalue weighted by Crippen LogP contribution is -2.13. The normalized spacial score (nSPS) is 10.2. The molecular weight excluding hydrogens is 310 g/mol. The zero-order valence-corrected chi connectivity index (χ0v) is 11.5. The van der Waals surface area contributed by atoms with Gasteiger partial charge in [-0.15, -0.1) is 0 Å². The number of amides is 1. The third-order valence-corrected chi connectivity index (χ3v) is 2.99. The molecule has 0 bridgehead atoms. The summed E-state index contributed by atoms with van der Waals surface area (Å²) in [5, 5.41) is 12.3. The molecule has 0 aliphatic carbocycles. The third-order valence-electron chi connectivity index (χ3n) is 2.49. The smallest absolute Gasteiger partial charge is 0.255 e. The molecule has 19 heavy (non-hydrogen) atoms. The molecule has 0 aliphatic rings. The van der Waals surface area contributed by atoms with Crippen molar-refractivity contribution in [3.05, 3.63) is 52.3 Å². The first-order chi connectivity index (χ1) is 9.10. The maximum Gasteiger partial charge on any atom is 0.255 e. The van der Waals surface area contributed by atoms with E-state index in [1.54, 1.807) is 24.3 Å². The fraction of sp³-hybridized carbons (Fsp3) is 0.0769. The van der Waals surface area contributed by atoms with Crippen LogP contribution in [0.5, 0.6) is 5.75 Å². The third kappa shape index (κ3) is 3.30. The van der Waals surface area contributed by atoms with E-state index in [9.17, 15) is 9.90 Å². The van der Waals surface area contributed by atoms with Crippen LogP contribution in [0, 0.1) is 0 Å². The fourth-order valence-corrected chi connectivity index (χ4v) is 1.90. The van der Waals surface area contributed by atoms with Crippen LogP contribution in [0.25, 0.3) is 0 Å². The minimum absolute atomic E-state index is 0.00431. The molecule has 1 aromatic carbocycles. The van der Waals surface area contributed by atoms with Gasteiger partial charge in [-0.05, 0) is 30.3 Å². The molecule has 0 unspecified atom stereocenters. The summed E-state index contributed by atoms with van der Waals surface area (Å²) in [5.41, 5.74) is 6.88. The number of carbonyl (C=O) groups is 1. The van der Waals surface area contributed by atoms with Gasteiger partial charge in [0.25, 0.3) is 5.91 Å². The number of benzene rings is 1. The Morgan fingerprint density at radius 2 is 2.16 bits per heavy atom. The molecule has 5 nitrogen and oxygen atoms in total. The van der Waals surface area contributed by atoms with E-state index in [-0.39, 0.29) is 18.2 Å². The van der Waals surface area contributed by atoms with Crippen molar-refractivity contribution in [3.8, 4) is 5.75 Å². The minimum Gasteiger partial charge on any atom is -0.506 e. The average molecular weight is 322 g/mol. The molecule has 2 rings (SSSR count). The Kier molecular flexibility index (Phi) is 4.13. The summed E-state index contributed by atoms with van der Waals surface area (Å²) in [4.78, 5) is 16.1. The second kappa shape index (κ2) is 5.81. The van der Waals surface area contributed by atoms with E-state index in [2.05, 4.69) is 26.2 Å². The maximum atomic E-state index is 12.0. The van der Waals surface area contributed by atoms with Gasteiger partial charge in [-0.2, -0.15) is 0 Å². The Hall–Kier alpha value is -1.92.